The summed E-state index contributed by atoms with van der Waals surface area (Å²) in [4.78, 5) is 4.67. The van der Waals surface area contributed by atoms with Crippen molar-refractivity contribution < 1.29 is 0 Å². The van der Waals surface area contributed by atoms with Gasteiger partial charge in [0.05, 0.1) is 5.52 Å². The van der Waals surface area contributed by atoms with Crippen molar-refractivity contribution in [1.82, 2.24) is 4.98 Å². The van der Waals surface area contributed by atoms with E-state index in [4.69, 9.17) is 0 Å². The Morgan fingerprint density at radius 2 is 2.00 bits per heavy atom. The molecule has 2 rings (SSSR count). The molecule has 84 valence electrons. The van der Waals surface area contributed by atoms with Crippen LogP contribution in [0.25, 0.3) is 10.9 Å². The number of aryl methyl sites for hydroxylation is 1. The number of halogens is 1. The van der Waals surface area contributed by atoms with Crippen LogP contribution in [0.15, 0.2) is 34.8 Å². The first-order valence-corrected chi connectivity index (χ1v) is 6.49. The van der Waals surface area contributed by atoms with E-state index in [2.05, 4.69) is 59.0 Å². The minimum atomic E-state index is 0.738. The van der Waals surface area contributed by atoms with Crippen molar-refractivity contribution in [2.75, 3.05) is 0 Å². The van der Waals surface area contributed by atoms with E-state index in [0.29, 0.717) is 0 Å². The molecule has 0 N–H and O–H groups in total. The number of aromatic nitrogens is 1. The molecule has 0 amide bonds. The molecule has 0 unspecified atom stereocenters. The predicted octanol–water partition coefficient (Wildman–Crippen LogP) is 4.59. The van der Waals surface area contributed by atoms with E-state index in [9.17, 15) is 0 Å². The van der Waals surface area contributed by atoms with Gasteiger partial charge in [0.1, 0.15) is 0 Å². The molecule has 16 heavy (non-hydrogen) atoms. The Labute approximate surface area is 105 Å². The molecular formula is C14H16BrN. The fraction of sp³-hybridized carbons (Fsp3) is 0.357. The summed E-state index contributed by atoms with van der Waals surface area (Å²) >= 11 is 3.47. The molecular weight excluding hydrogens is 262 g/mol. The first-order valence-electron chi connectivity index (χ1n) is 5.70. The molecule has 1 aromatic carbocycles. The average molecular weight is 278 g/mol. The molecule has 1 aromatic heterocycles. The van der Waals surface area contributed by atoms with E-state index in [1.54, 1.807) is 0 Å². The molecule has 0 atom stereocenters. The van der Waals surface area contributed by atoms with E-state index in [1.807, 2.05) is 6.07 Å². The molecule has 1 nitrogen and oxygen atoms in total. The first kappa shape index (κ1) is 11.6. The minimum absolute atomic E-state index is 0.738. The highest BCUT2D eigenvalue weighted by molar-refractivity contribution is 9.10. The van der Waals surface area contributed by atoms with Crippen LogP contribution in [-0.2, 0) is 6.42 Å². The molecule has 2 aromatic rings. The maximum Gasteiger partial charge on any atom is 0.0706 e. The van der Waals surface area contributed by atoms with Crippen molar-refractivity contribution in [3.8, 4) is 0 Å². The molecule has 0 fully saturated rings. The third-order valence-electron chi connectivity index (χ3n) is 2.69. The SMILES string of the molecule is CC(C)CCc1ccc2cc(Br)ccc2n1. The number of hydrogen-bond donors (Lipinski definition) is 0. The number of benzene rings is 1. The van der Waals surface area contributed by atoms with Crippen LogP contribution in [0.3, 0.4) is 0 Å². The first-order chi connectivity index (χ1) is 7.65. The molecule has 0 spiro atoms. The Morgan fingerprint density at radius 1 is 1.19 bits per heavy atom. The summed E-state index contributed by atoms with van der Waals surface area (Å²) in [6, 6.07) is 10.5. The summed E-state index contributed by atoms with van der Waals surface area (Å²) < 4.78 is 1.11. The molecule has 0 aliphatic carbocycles. The standard InChI is InChI=1S/C14H16BrN/c1-10(2)3-6-13-7-4-11-9-12(15)5-8-14(11)16-13/h4-5,7-10H,3,6H2,1-2H3. The summed E-state index contributed by atoms with van der Waals surface area (Å²) in [6.07, 6.45) is 2.28. The number of fused-ring (bicyclic) bond motifs is 1. The second-order valence-electron chi connectivity index (χ2n) is 4.57. The van der Waals surface area contributed by atoms with E-state index >= 15 is 0 Å². The molecule has 0 radical (unpaired) electrons. The van der Waals surface area contributed by atoms with Crippen molar-refractivity contribution in [2.45, 2.75) is 26.7 Å². The third kappa shape index (κ3) is 2.82. The van der Waals surface area contributed by atoms with Crippen LogP contribution in [0.1, 0.15) is 26.0 Å². The molecule has 0 aliphatic heterocycles. The predicted molar refractivity (Wildman–Crippen MR) is 72.6 cm³/mol. The van der Waals surface area contributed by atoms with Crippen LogP contribution in [0, 0.1) is 5.92 Å². The molecule has 0 aliphatic rings. The van der Waals surface area contributed by atoms with Crippen LogP contribution in [0.4, 0.5) is 0 Å². The van der Waals surface area contributed by atoms with Crippen molar-refractivity contribution in [1.29, 1.82) is 0 Å². The van der Waals surface area contributed by atoms with Crippen LogP contribution < -0.4 is 0 Å². The second kappa shape index (κ2) is 4.96. The maximum absolute atomic E-state index is 4.67. The fourth-order valence-corrected chi connectivity index (χ4v) is 2.09. The number of rotatable bonds is 3. The number of hydrogen-bond acceptors (Lipinski definition) is 1. The van der Waals surface area contributed by atoms with Gasteiger partial charge in [-0.05, 0) is 43.0 Å². The lowest BCUT2D eigenvalue weighted by Gasteiger charge is -2.05. The fourth-order valence-electron chi connectivity index (χ4n) is 1.71. The largest absolute Gasteiger partial charge is 0.253 e. The number of nitrogens with zero attached hydrogens (tertiary/aromatic N) is 1. The Kier molecular flexibility index (Phi) is 3.59. The Bertz CT molecular complexity index is 491. The highest BCUT2D eigenvalue weighted by atomic mass is 79.9. The monoisotopic (exact) mass is 277 g/mol. The van der Waals surface area contributed by atoms with Gasteiger partial charge < -0.3 is 0 Å². The van der Waals surface area contributed by atoms with Gasteiger partial charge in [0.2, 0.25) is 0 Å². The summed E-state index contributed by atoms with van der Waals surface area (Å²) in [7, 11) is 0. The highest BCUT2D eigenvalue weighted by Gasteiger charge is 2.01. The summed E-state index contributed by atoms with van der Waals surface area (Å²) in [6.45, 7) is 4.50. The van der Waals surface area contributed by atoms with Gasteiger partial charge in [-0.1, -0.05) is 35.8 Å². The van der Waals surface area contributed by atoms with Crippen molar-refractivity contribution in [3.63, 3.8) is 0 Å². The lowest BCUT2D eigenvalue weighted by molar-refractivity contribution is 0.582. The van der Waals surface area contributed by atoms with Gasteiger partial charge in [-0.25, -0.2) is 0 Å². The van der Waals surface area contributed by atoms with Gasteiger partial charge in [0.25, 0.3) is 0 Å². The molecule has 1 heterocycles. The summed E-state index contributed by atoms with van der Waals surface area (Å²) in [5, 5.41) is 1.20. The quantitative estimate of drug-likeness (QED) is 0.800. The average Bonchev–Trinajstić information content (AvgIpc) is 2.26. The highest BCUT2D eigenvalue weighted by Crippen LogP contribution is 2.19. The molecule has 2 heteroatoms. The minimum Gasteiger partial charge on any atom is -0.253 e. The van der Waals surface area contributed by atoms with E-state index in [0.717, 1.165) is 22.3 Å². The second-order valence-corrected chi connectivity index (χ2v) is 5.49. The van der Waals surface area contributed by atoms with Gasteiger partial charge in [0, 0.05) is 15.6 Å². The lowest BCUT2D eigenvalue weighted by Crippen LogP contribution is -1.95. The zero-order valence-corrected chi connectivity index (χ0v) is 11.3. The van der Waals surface area contributed by atoms with E-state index < -0.39 is 0 Å². The molecule has 0 saturated heterocycles. The van der Waals surface area contributed by atoms with E-state index in [1.165, 1.54) is 17.5 Å². The normalized spacial score (nSPS) is 11.2. The Balaban J connectivity index is 2.26. The van der Waals surface area contributed by atoms with E-state index in [-0.39, 0.29) is 0 Å². The van der Waals surface area contributed by atoms with Crippen molar-refractivity contribution >= 4 is 26.8 Å². The van der Waals surface area contributed by atoms with Gasteiger partial charge in [-0.3, -0.25) is 4.98 Å². The smallest absolute Gasteiger partial charge is 0.0706 e. The molecule has 0 saturated carbocycles. The van der Waals surface area contributed by atoms with Crippen molar-refractivity contribution in [3.05, 3.63) is 40.5 Å². The van der Waals surface area contributed by atoms with Crippen LogP contribution in [-0.4, -0.2) is 4.98 Å². The van der Waals surface area contributed by atoms with Crippen LogP contribution >= 0.6 is 15.9 Å². The van der Waals surface area contributed by atoms with Gasteiger partial charge in [-0.2, -0.15) is 0 Å². The lowest BCUT2D eigenvalue weighted by atomic mass is 10.1. The van der Waals surface area contributed by atoms with Crippen LogP contribution in [0.5, 0.6) is 0 Å². The third-order valence-corrected chi connectivity index (χ3v) is 3.18. The zero-order chi connectivity index (χ0) is 11.5. The summed E-state index contributed by atoms with van der Waals surface area (Å²) in [5.74, 6) is 0.738. The zero-order valence-electron chi connectivity index (χ0n) is 9.70. The Hall–Kier alpha value is -0.890. The van der Waals surface area contributed by atoms with Crippen LogP contribution in [0.2, 0.25) is 0 Å². The van der Waals surface area contributed by atoms with Gasteiger partial charge >= 0.3 is 0 Å². The Morgan fingerprint density at radius 3 is 2.75 bits per heavy atom. The van der Waals surface area contributed by atoms with Gasteiger partial charge in [-0.15, -0.1) is 0 Å². The van der Waals surface area contributed by atoms with Gasteiger partial charge in [0.15, 0.2) is 0 Å². The van der Waals surface area contributed by atoms with Crippen molar-refractivity contribution in [2.24, 2.45) is 5.92 Å². The topological polar surface area (TPSA) is 12.9 Å². The summed E-state index contributed by atoms with van der Waals surface area (Å²) in [5.41, 5.74) is 2.29. The maximum atomic E-state index is 4.67. The number of pyridine rings is 1. The molecule has 0 bridgehead atoms.